The maximum atomic E-state index is 11.9. The zero-order valence-corrected chi connectivity index (χ0v) is 18.4. The highest BCUT2D eigenvalue weighted by Crippen LogP contribution is 2.21. The van der Waals surface area contributed by atoms with Gasteiger partial charge in [0.15, 0.2) is 0 Å². The predicted molar refractivity (Wildman–Crippen MR) is 123 cm³/mol. The number of carbonyl (C=O) groups excluding carboxylic acids is 1. The van der Waals surface area contributed by atoms with E-state index in [4.69, 9.17) is 16.3 Å². The van der Waals surface area contributed by atoms with Crippen molar-refractivity contribution in [2.75, 3.05) is 51.3 Å². The molecule has 1 heterocycles. The van der Waals surface area contributed by atoms with Crippen LogP contribution >= 0.6 is 24.2 Å². The van der Waals surface area contributed by atoms with Crippen LogP contribution in [0.25, 0.3) is 0 Å². The highest BCUT2D eigenvalue weighted by atomic mass is 35.5. The number of benzene rings is 2. The molecular formula is C22H28ClN3O2S. The third kappa shape index (κ3) is 6.64. The number of halogens is 1. The number of carbonyl (C=O) groups is 1. The zero-order valence-electron chi connectivity index (χ0n) is 16.8. The number of nitrogens with zero attached hydrogens (tertiary/aromatic N) is 3. The van der Waals surface area contributed by atoms with Crippen LogP contribution in [0.3, 0.4) is 0 Å². The monoisotopic (exact) mass is 433 g/mol. The fourth-order valence-corrected chi connectivity index (χ4v) is 3.91. The third-order valence-electron chi connectivity index (χ3n) is 5.26. The second-order valence-electron chi connectivity index (χ2n) is 7.23. The summed E-state index contributed by atoms with van der Waals surface area (Å²) in [5.41, 5.74) is 2.14. The highest BCUT2D eigenvalue weighted by Gasteiger charge is 2.18. The molecule has 0 saturated carbocycles. The molecule has 5 nitrogen and oxygen atoms in total. The van der Waals surface area contributed by atoms with Crippen molar-refractivity contribution in [1.29, 1.82) is 0 Å². The van der Waals surface area contributed by atoms with E-state index in [9.17, 15) is 4.79 Å². The van der Waals surface area contributed by atoms with Gasteiger partial charge >= 0.3 is 0 Å². The van der Waals surface area contributed by atoms with Crippen LogP contribution in [0.15, 0.2) is 48.5 Å². The molecule has 0 N–H and O–H groups in total. The van der Waals surface area contributed by atoms with E-state index in [-0.39, 0.29) is 5.24 Å². The molecule has 2 aromatic carbocycles. The molecule has 0 aromatic heterocycles. The lowest BCUT2D eigenvalue weighted by Gasteiger charge is -2.35. The molecule has 1 aliphatic heterocycles. The first kappa shape index (κ1) is 22.0. The molecule has 1 amide bonds. The van der Waals surface area contributed by atoms with Gasteiger partial charge in [0, 0.05) is 50.0 Å². The maximum Gasteiger partial charge on any atom is 0.282 e. The van der Waals surface area contributed by atoms with E-state index in [1.807, 2.05) is 36.4 Å². The van der Waals surface area contributed by atoms with Gasteiger partial charge in [-0.1, -0.05) is 36.4 Å². The Balaban J connectivity index is 1.41. The summed E-state index contributed by atoms with van der Waals surface area (Å²) in [5.74, 6) is 0.775. The van der Waals surface area contributed by atoms with Gasteiger partial charge in [-0.15, -0.1) is 0 Å². The van der Waals surface area contributed by atoms with Crippen LogP contribution < -0.4 is 9.64 Å². The van der Waals surface area contributed by atoms with E-state index in [1.54, 1.807) is 12.0 Å². The van der Waals surface area contributed by atoms with Crippen LogP contribution in [-0.2, 0) is 6.54 Å². The normalized spacial score (nSPS) is 15.3. The van der Waals surface area contributed by atoms with Gasteiger partial charge in [-0.05, 0) is 54.9 Å². The SMILES string of the molecule is COc1ccc(N(CCCN2CCN(Cc3ccc(Cl)cc3)CC2)C(=O)S)cc1. The smallest absolute Gasteiger partial charge is 0.282 e. The lowest BCUT2D eigenvalue weighted by Crippen LogP contribution is -2.46. The topological polar surface area (TPSA) is 36.0 Å². The van der Waals surface area contributed by atoms with Crippen molar-refractivity contribution in [2.45, 2.75) is 13.0 Å². The molecule has 1 fully saturated rings. The number of anilines is 1. The fraction of sp³-hybridized carbons (Fsp3) is 0.409. The molecule has 3 rings (SSSR count). The number of ether oxygens (including phenoxy) is 1. The van der Waals surface area contributed by atoms with Gasteiger partial charge in [-0.2, -0.15) is 0 Å². The van der Waals surface area contributed by atoms with Gasteiger partial charge in [0.2, 0.25) is 0 Å². The minimum Gasteiger partial charge on any atom is -0.497 e. The molecule has 1 aliphatic rings. The Morgan fingerprint density at radius 3 is 2.24 bits per heavy atom. The van der Waals surface area contributed by atoms with Crippen molar-refractivity contribution in [2.24, 2.45) is 0 Å². The van der Waals surface area contributed by atoms with E-state index in [1.165, 1.54) is 5.56 Å². The molecule has 2 aromatic rings. The Morgan fingerprint density at radius 1 is 1.03 bits per heavy atom. The van der Waals surface area contributed by atoms with Gasteiger partial charge in [-0.3, -0.25) is 9.69 Å². The van der Waals surface area contributed by atoms with E-state index in [0.29, 0.717) is 6.54 Å². The Morgan fingerprint density at radius 2 is 1.66 bits per heavy atom. The molecule has 0 bridgehead atoms. The van der Waals surface area contributed by atoms with Gasteiger partial charge < -0.3 is 14.5 Å². The molecule has 0 radical (unpaired) electrons. The summed E-state index contributed by atoms with van der Waals surface area (Å²) >= 11 is 10.0. The first-order valence-electron chi connectivity index (χ1n) is 9.89. The predicted octanol–water partition coefficient (Wildman–Crippen LogP) is 4.41. The molecule has 0 unspecified atom stereocenters. The van der Waals surface area contributed by atoms with Crippen molar-refractivity contribution in [3.8, 4) is 5.75 Å². The van der Waals surface area contributed by atoms with Gasteiger partial charge in [-0.25, -0.2) is 0 Å². The largest absolute Gasteiger partial charge is 0.497 e. The lowest BCUT2D eigenvalue weighted by molar-refractivity contribution is 0.126. The van der Waals surface area contributed by atoms with Crippen molar-refractivity contribution < 1.29 is 9.53 Å². The van der Waals surface area contributed by atoms with Crippen LogP contribution in [0.1, 0.15) is 12.0 Å². The number of hydrogen-bond acceptors (Lipinski definition) is 4. The lowest BCUT2D eigenvalue weighted by atomic mass is 10.2. The molecule has 29 heavy (non-hydrogen) atoms. The first-order valence-corrected chi connectivity index (χ1v) is 10.7. The summed E-state index contributed by atoms with van der Waals surface area (Å²) in [4.78, 5) is 18.6. The summed E-state index contributed by atoms with van der Waals surface area (Å²) < 4.78 is 5.18. The quantitative estimate of drug-likeness (QED) is 0.625. The number of hydrogen-bond donors (Lipinski definition) is 1. The third-order valence-corrected chi connectivity index (χ3v) is 5.75. The Hall–Kier alpha value is -1.73. The number of methoxy groups -OCH3 is 1. The number of amides is 1. The van der Waals surface area contributed by atoms with Crippen LogP contribution in [0, 0.1) is 0 Å². The van der Waals surface area contributed by atoms with Crippen LogP contribution in [0.4, 0.5) is 10.5 Å². The van der Waals surface area contributed by atoms with Crippen molar-refractivity contribution in [1.82, 2.24) is 9.80 Å². The standard InChI is InChI=1S/C22H28ClN3O2S/c1-28-21-9-7-20(8-10-21)26(22(27)29)12-2-11-24-13-15-25(16-14-24)17-18-3-5-19(23)6-4-18/h3-10H,2,11-17H2,1H3,(H,27,29). The fourth-order valence-electron chi connectivity index (χ4n) is 3.57. The van der Waals surface area contributed by atoms with Crippen molar-refractivity contribution in [3.63, 3.8) is 0 Å². The average molecular weight is 434 g/mol. The highest BCUT2D eigenvalue weighted by molar-refractivity contribution is 7.96. The summed E-state index contributed by atoms with van der Waals surface area (Å²) in [6, 6.07) is 15.6. The maximum absolute atomic E-state index is 11.9. The minimum atomic E-state index is -0.233. The number of thiol groups is 1. The van der Waals surface area contributed by atoms with Crippen LogP contribution in [0.2, 0.25) is 5.02 Å². The second-order valence-corrected chi connectivity index (χ2v) is 8.05. The van der Waals surface area contributed by atoms with E-state index in [2.05, 4.69) is 34.6 Å². The van der Waals surface area contributed by atoms with E-state index in [0.717, 1.165) is 62.1 Å². The van der Waals surface area contributed by atoms with Gasteiger partial charge in [0.05, 0.1) is 7.11 Å². The van der Waals surface area contributed by atoms with E-state index >= 15 is 0 Å². The molecule has 156 valence electrons. The average Bonchev–Trinajstić information content (AvgIpc) is 2.74. The molecule has 7 heteroatoms. The molecule has 0 spiro atoms. The summed E-state index contributed by atoms with van der Waals surface area (Å²) in [6.45, 7) is 6.79. The second kappa shape index (κ2) is 10.9. The molecule has 0 aliphatic carbocycles. The summed E-state index contributed by atoms with van der Waals surface area (Å²) in [5, 5.41) is 0.546. The number of rotatable bonds is 8. The number of piperazine rings is 1. The van der Waals surface area contributed by atoms with Crippen molar-refractivity contribution >= 4 is 35.2 Å². The molecule has 0 atom stereocenters. The molecular weight excluding hydrogens is 406 g/mol. The minimum absolute atomic E-state index is 0.233. The van der Waals surface area contributed by atoms with Gasteiger partial charge in [0.1, 0.15) is 5.75 Å². The Kier molecular flexibility index (Phi) is 8.24. The Bertz CT molecular complexity index is 778. The van der Waals surface area contributed by atoms with Crippen LogP contribution in [-0.4, -0.2) is 61.4 Å². The first-order chi connectivity index (χ1) is 14.0. The summed E-state index contributed by atoms with van der Waals surface area (Å²) in [6.07, 6.45) is 0.912. The van der Waals surface area contributed by atoms with Crippen molar-refractivity contribution in [3.05, 3.63) is 59.1 Å². The summed E-state index contributed by atoms with van der Waals surface area (Å²) in [7, 11) is 1.63. The van der Waals surface area contributed by atoms with E-state index < -0.39 is 0 Å². The van der Waals surface area contributed by atoms with Gasteiger partial charge in [0.25, 0.3) is 5.24 Å². The zero-order chi connectivity index (χ0) is 20.6. The Labute approximate surface area is 183 Å². The molecule has 1 saturated heterocycles. The van der Waals surface area contributed by atoms with Crippen LogP contribution in [0.5, 0.6) is 5.75 Å².